The first-order chi connectivity index (χ1) is 11.0. The Balaban J connectivity index is 3.94. The molecule has 0 saturated carbocycles. The number of rotatable bonds is 8. The molecule has 2 N–H and O–H groups in total. The highest BCUT2D eigenvalue weighted by atomic mass is 35.5. The normalized spacial score (nSPS) is 17.1. The van der Waals surface area contributed by atoms with E-state index in [0.29, 0.717) is 0 Å². The molecule has 0 amide bonds. The Labute approximate surface area is 142 Å². The number of nitro benzene ring substituents is 1. The van der Waals surface area contributed by atoms with Crippen LogP contribution in [0.5, 0.6) is 0 Å². The molecule has 1 aromatic carbocycles. The van der Waals surface area contributed by atoms with Gasteiger partial charge in [-0.15, -0.1) is 0 Å². The van der Waals surface area contributed by atoms with E-state index in [1.54, 1.807) is 0 Å². The third-order valence-electron chi connectivity index (χ3n) is 3.08. The van der Waals surface area contributed by atoms with Gasteiger partial charge in [0.25, 0.3) is 5.69 Å². The van der Waals surface area contributed by atoms with E-state index in [1.165, 1.54) is 6.92 Å². The number of nitro groups is 1. The minimum absolute atomic E-state index is 0.121. The van der Waals surface area contributed by atoms with Gasteiger partial charge in [-0.2, -0.15) is 0 Å². The first kappa shape index (κ1) is 21.2. The first-order valence-corrected chi connectivity index (χ1v) is 9.86. The molecule has 0 aliphatic carbocycles. The molecule has 0 heterocycles. The lowest BCUT2D eigenvalue weighted by Gasteiger charge is -2.35. The summed E-state index contributed by atoms with van der Waals surface area (Å²) in [6.07, 6.45) is 0. The quantitative estimate of drug-likeness (QED) is 0.379. The molecule has 0 aliphatic heterocycles. The molecule has 0 fully saturated rings. The topological polar surface area (TPSA) is 145 Å². The van der Waals surface area contributed by atoms with Crippen LogP contribution in [0.2, 0.25) is 5.02 Å². The lowest BCUT2D eigenvalue weighted by molar-refractivity contribution is -0.386. The van der Waals surface area contributed by atoms with Crippen molar-refractivity contribution in [2.75, 3.05) is 20.8 Å². The van der Waals surface area contributed by atoms with Crippen LogP contribution in [0.15, 0.2) is 18.2 Å². The Kier molecular flexibility index (Phi) is 6.71. The Bertz CT molecular complexity index is 719. The van der Waals surface area contributed by atoms with E-state index < -0.39 is 36.4 Å². The van der Waals surface area contributed by atoms with E-state index in [0.717, 1.165) is 32.4 Å². The van der Waals surface area contributed by atoms with E-state index in [4.69, 9.17) is 11.6 Å². The number of aliphatic hydroxyl groups is 1. The van der Waals surface area contributed by atoms with Crippen molar-refractivity contribution in [2.24, 2.45) is 0 Å². The summed E-state index contributed by atoms with van der Waals surface area (Å²) < 4.78 is 39.3. The summed E-state index contributed by atoms with van der Waals surface area (Å²) in [6, 6.07) is 2.83. The fraction of sp³-hybridized carbons (Fsp3) is 0.455. The van der Waals surface area contributed by atoms with Crippen LogP contribution >= 0.6 is 26.8 Å². The van der Waals surface area contributed by atoms with Gasteiger partial charge < -0.3 is 23.6 Å². The number of benzene rings is 1. The van der Waals surface area contributed by atoms with Crippen LogP contribution < -0.4 is 0 Å². The Morgan fingerprint density at radius 2 is 1.88 bits per heavy atom. The molecular formula is C11H16ClNO9P2. The molecule has 0 aromatic heterocycles. The molecule has 136 valence electrons. The van der Waals surface area contributed by atoms with Crippen LogP contribution in [0.1, 0.15) is 12.5 Å². The second kappa shape index (κ2) is 7.59. The highest BCUT2D eigenvalue weighted by Gasteiger charge is 2.66. The summed E-state index contributed by atoms with van der Waals surface area (Å²) in [4.78, 5) is 20.5. The van der Waals surface area contributed by atoms with Crippen molar-refractivity contribution < 1.29 is 37.6 Å². The Morgan fingerprint density at radius 3 is 2.29 bits per heavy atom. The third-order valence-corrected chi connectivity index (χ3v) is 8.41. The van der Waals surface area contributed by atoms with E-state index in [9.17, 15) is 29.2 Å². The van der Waals surface area contributed by atoms with Crippen LogP contribution in [0.3, 0.4) is 0 Å². The zero-order chi connectivity index (χ0) is 18.8. The van der Waals surface area contributed by atoms with E-state index in [1.807, 2.05) is 0 Å². The van der Waals surface area contributed by atoms with Gasteiger partial charge in [0.15, 0.2) is 0 Å². The molecule has 0 spiro atoms. The molecule has 2 unspecified atom stereocenters. The van der Waals surface area contributed by atoms with E-state index in [-0.39, 0.29) is 11.6 Å². The van der Waals surface area contributed by atoms with Crippen molar-refractivity contribution in [1.82, 2.24) is 0 Å². The van der Waals surface area contributed by atoms with Gasteiger partial charge in [-0.3, -0.25) is 19.2 Å². The molecule has 13 heteroatoms. The molecule has 0 saturated heterocycles. The number of halogens is 1. The minimum Gasteiger partial charge on any atom is -0.364 e. The van der Waals surface area contributed by atoms with Crippen LogP contribution in [0.25, 0.3) is 0 Å². The molecule has 0 radical (unpaired) electrons. The predicted molar refractivity (Wildman–Crippen MR) is 85.1 cm³/mol. The van der Waals surface area contributed by atoms with Gasteiger partial charge in [0.2, 0.25) is 0 Å². The summed E-state index contributed by atoms with van der Waals surface area (Å²) in [5.74, 6) is 0. The van der Waals surface area contributed by atoms with Crippen molar-refractivity contribution >= 4 is 32.5 Å². The van der Waals surface area contributed by atoms with E-state index >= 15 is 0 Å². The number of nitrogens with zero attached hydrogens (tertiary/aromatic N) is 1. The van der Waals surface area contributed by atoms with Gasteiger partial charge in [0.1, 0.15) is 0 Å². The van der Waals surface area contributed by atoms with Gasteiger partial charge in [0, 0.05) is 25.3 Å². The molecule has 0 aliphatic rings. The van der Waals surface area contributed by atoms with Gasteiger partial charge in [-0.1, -0.05) is 11.6 Å². The smallest absolute Gasteiger partial charge is 0.364 e. The molecule has 10 nitrogen and oxygen atoms in total. The van der Waals surface area contributed by atoms with E-state index in [2.05, 4.69) is 13.6 Å². The number of hydrogen-bond acceptors (Lipinski definition) is 8. The SMILES string of the molecule is CCOP(=O)(O)C(O)(c1cc(Cl)ccc1[N+](=O)[O-])P(=O)(OC)OC. The van der Waals surface area contributed by atoms with Gasteiger partial charge in [-0.05, 0) is 19.1 Å². The fourth-order valence-electron chi connectivity index (χ4n) is 1.98. The molecule has 0 bridgehead atoms. The van der Waals surface area contributed by atoms with Gasteiger partial charge >= 0.3 is 20.3 Å². The zero-order valence-electron chi connectivity index (χ0n) is 12.9. The maximum Gasteiger partial charge on any atom is 0.379 e. The van der Waals surface area contributed by atoms with Crippen LogP contribution in [-0.4, -0.2) is 35.7 Å². The van der Waals surface area contributed by atoms with Crippen molar-refractivity contribution in [3.05, 3.63) is 38.9 Å². The monoisotopic (exact) mass is 403 g/mol. The lowest BCUT2D eigenvalue weighted by atomic mass is 10.2. The van der Waals surface area contributed by atoms with Crippen LogP contribution in [0.4, 0.5) is 5.69 Å². The predicted octanol–water partition coefficient (Wildman–Crippen LogP) is 3.06. The first-order valence-electron chi connectivity index (χ1n) is 6.36. The zero-order valence-corrected chi connectivity index (χ0v) is 15.5. The van der Waals surface area contributed by atoms with Crippen molar-refractivity contribution in [2.45, 2.75) is 12.0 Å². The summed E-state index contributed by atoms with van der Waals surface area (Å²) in [5.41, 5.74) is -1.64. The summed E-state index contributed by atoms with van der Waals surface area (Å²) >= 11 is 5.77. The summed E-state index contributed by atoms with van der Waals surface area (Å²) in [5, 5.41) is 18.6. The van der Waals surface area contributed by atoms with Crippen LogP contribution in [0, 0.1) is 10.1 Å². The van der Waals surface area contributed by atoms with Crippen molar-refractivity contribution in [1.29, 1.82) is 0 Å². The Morgan fingerprint density at radius 1 is 1.33 bits per heavy atom. The highest BCUT2D eigenvalue weighted by molar-refractivity contribution is 7.72. The number of hydrogen-bond donors (Lipinski definition) is 2. The average Bonchev–Trinajstić information content (AvgIpc) is 2.52. The molecular weight excluding hydrogens is 388 g/mol. The maximum atomic E-state index is 12.8. The lowest BCUT2D eigenvalue weighted by Crippen LogP contribution is -2.29. The minimum atomic E-state index is -5.20. The summed E-state index contributed by atoms with van der Waals surface area (Å²) in [6.45, 7) is 0.970. The summed E-state index contributed by atoms with van der Waals surface area (Å²) in [7, 11) is -8.32. The van der Waals surface area contributed by atoms with Crippen molar-refractivity contribution in [3.63, 3.8) is 0 Å². The largest absolute Gasteiger partial charge is 0.379 e. The Hall–Kier alpha value is -0.830. The molecule has 24 heavy (non-hydrogen) atoms. The second-order valence-electron chi connectivity index (χ2n) is 4.35. The third kappa shape index (κ3) is 3.42. The highest BCUT2D eigenvalue weighted by Crippen LogP contribution is 2.79. The van der Waals surface area contributed by atoms with Crippen LogP contribution in [-0.2, 0) is 27.8 Å². The van der Waals surface area contributed by atoms with Gasteiger partial charge in [-0.25, -0.2) is 0 Å². The standard InChI is InChI=1S/C11H16ClNO9P2/c1-4-22-23(17,18)11(14,24(19,20-2)21-3)9-7-8(12)5-6-10(9)13(15)16/h5-7,14H,4H2,1-3H3,(H,17,18). The second-order valence-corrected chi connectivity index (χ2v) is 9.46. The molecule has 1 rings (SSSR count). The van der Waals surface area contributed by atoms with Crippen molar-refractivity contribution in [3.8, 4) is 0 Å². The average molecular weight is 404 g/mol. The molecule has 1 aromatic rings. The maximum absolute atomic E-state index is 12.8. The molecule has 2 atom stereocenters. The fourth-order valence-corrected chi connectivity index (χ4v) is 6.20. The van der Waals surface area contributed by atoms with Gasteiger partial charge in [0.05, 0.1) is 17.1 Å².